The molecule has 0 aliphatic heterocycles. The van der Waals surface area contributed by atoms with Crippen LogP contribution in [0, 0.1) is 0 Å². The summed E-state index contributed by atoms with van der Waals surface area (Å²) < 4.78 is 5.64. The Balaban J connectivity index is 1.57. The van der Waals surface area contributed by atoms with Crippen molar-refractivity contribution in [2.24, 2.45) is 0 Å². The number of benzene rings is 1. The maximum absolute atomic E-state index is 11.7. The molecule has 0 aliphatic carbocycles. The Hall–Kier alpha value is -2.25. The molecule has 1 aromatic carbocycles. The number of hydrogen-bond donors (Lipinski definition) is 1. The van der Waals surface area contributed by atoms with E-state index in [9.17, 15) is 4.79 Å². The Labute approximate surface area is 135 Å². The fourth-order valence-electron chi connectivity index (χ4n) is 1.80. The number of aryl methyl sites for hydroxylation is 1. The number of hydrogen-bond acceptors (Lipinski definition) is 6. The Morgan fingerprint density at radius 3 is 2.86 bits per heavy atom. The van der Waals surface area contributed by atoms with E-state index in [-0.39, 0.29) is 12.3 Å². The molecule has 6 nitrogen and oxygen atoms in total. The molecule has 0 saturated heterocycles. The summed E-state index contributed by atoms with van der Waals surface area (Å²) in [4.78, 5) is 15.9. The summed E-state index contributed by atoms with van der Waals surface area (Å²) in [5.41, 5.74) is 2.45. The number of carbonyl (C=O) groups is 1. The lowest BCUT2D eigenvalue weighted by atomic mass is 10.2. The van der Waals surface area contributed by atoms with Gasteiger partial charge in [-0.15, -0.1) is 10.2 Å². The van der Waals surface area contributed by atoms with Crippen molar-refractivity contribution in [2.75, 3.05) is 5.32 Å². The number of carbonyl (C=O) groups excluding carboxylic acids is 1. The van der Waals surface area contributed by atoms with Crippen LogP contribution in [0.4, 0.5) is 5.13 Å². The monoisotopic (exact) mass is 334 g/mol. The van der Waals surface area contributed by atoms with Crippen molar-refractivity contribution < 1.29 is 9.21 Å². The van der Waals surface area contributed by atoms with Crippen LogP contribution in [0.25, 0.3) is 11.3 Å². The molecule has 0 radical (unpaired) electrons. The number of oxazole rings is 1. The fraction of sp³-hybridized carbons (Fsp3) is 0.143. The van der Waals surface area contributed by atoms with E-state index in [1.165, 1.54) is 11.3 Å². The second-order valence-electron chi connectivity index (χ2n) is 4.42. The van der Waals surface area contributed by atoms with Gasteiger partial charge in [-0.05, 0) is 24.3 Å². The van der Waals surface area contributed by atoms with Gasteiger partial charge in [-0.3, -0.25) is 4.79 Å². The molecule has 22 heavy (non-hydrogen) atoms. The molecule has 3 rings (SSSR count). The van der Waals surface area contributed by atoms with Gasteiger partial charge in [-0.25, -0.2) is 4.98 Å². The van der Waals surface area contributed by atoms with E-state index in [0.29, 0.717) is 28.2 Å². The molecule has 8 heteroatoms. The Morgan fingerprint density at radius 1 is 1.32 bits per heavy atom. The zero-order valence-corrected chi connectivity index (χ0v) is 12.9. The van der Waals surface area contributed by atoms with Gasteiger partial charge in [0, 0.05) is 23.4 Å². The molecule has 2 aromatic heterocycles. The smallest absolute Gasteiger partial charge is 0.226 e. The highest BCUT2D eigenvalue weighted by atomic mass is 35.5. The van der Waals surface area contributed by atoms with Gasteiger partial charge >= 0.3 is 0 Å². The van der Waals surface area contributed by atoms with Crippen LogP contribution in [0.2, 0.25) is 5.02 Å². The predicted molar refractivity (Wildman–Crippen MR) is 83.8 cm³/mol. The van der Waals surface area contributed by atoms with Crippen LogP contribution in [-0.4, -0.2) is 21.1 Å². The normalized spacial score (nSPS) is 10.6. The average molecular weight is 335 g/mol. The zero-order chi connectivity index (χ0) is 15.4. The minimum absolute atomic E-state index is 0.150. The van der Waals surface area contributed by atoms with E-state index < -0.39 is 0 Å². The van der Waals surface area contributed by atoms with Gasteiger partial charge in [-0.1, -0.05) is 22.9 Å². The molecule has 0 fully saturated rings. The van der Waals surface area contributed by atoms with Crippen LogP contribution in [0.1, 0.15) is 12.3 Å². The van der Waals surface area contributed by atoms with Gasteiger partial charge in [0.05, 0.1) is 6.20 Å². The SMILES string of the molecule is O=C(CCc1ncc(-c2ccc(Cl)cc2)o1)Nc1nncs1. The maximum atomic E-state index is 11.7. The van der Waals surface area contributed by atoms with Crippen molar-refractivity contribution in [1.82, 2.24) is 15.2 Å². The summed E-state index contributed by atoms with van der Waals surface area (Å²) >= 11 is 7.12. The van der Waals surface area contributed by atoms with Crippen molar-refractivity contribution in [1.29, 1.82) is 0 Å². The molecule has 0 unspecified atom stereocenters. The first-order chi connectivity index (χ1) is 10.7. The van der Waals surface area contributed by atoms with Crippen LogP contribution in [0.5, 0.6) is 0 Å². The number of amides is 1. The van der Waals surface area contributed by atoms with Crippen LogP contribution in [0.15, 0.2) is 40.4 Å². The second kappa shape index (κ2) is 6.67. The van der Waals surface area contributed by atoms with Crippen molar-refractivity contribution in [2.45, 2.75) is 12.8 Å². The highest BCUT2D eigenvalue weighted by Gasteiger charge is 2.10. The number of halogens is 1. The van der Waals surface area contributed by atoms with Gasteiger partial charge < -0.3 is 9.73 Å². The van der Waals surface area contributed by atoms with Gasteiger partial charge in [-0.2, -0.15) is 0 Å². The van der Waals surface area contributed by atoms with E-state index in [1.807, 2.05) is 12.1 Å². The van der Waals surface area contributed by atoms with E-state index >= 15 is 0 Å². The standard InChI is InChI=1S/C14H11ClN4O2S/c15-10-3-1-9(2-4-10)11-7-16-13(21-11)6-5-12(20)18-14-19-17-8-22-14/h1-4,7-8H,5-6H2,(H,18,19,20). The quantitative estimate of drug-likeness (QED) is 0.773. The molecule has 112 valence electrons. The van der Waals surface area contributed by atoms with Crippen LogP contribution in [0.3, 0.4) is 0 Å². The molecule has 2 heterocycles. The molecular formula is C14H11ClN4O2S. The number of anilines is 1. The van der Waals surface area contributed by atoms with E-state index in [2.05, 4.69) is 20.5 Å². The Bertz CT molecular complexity index is 756. The van der Waals surface area contributed by atoms with Gasteiger partial charge in [0.2, 0.25) is 11.0 Å². The molecule has 0 spiro atoms. The highest BCUT2D eigenvalue weighted by Crippen LogP contribution is 2.22. The number of nitrogens with zero attached hydrogens (tertiary/aromatic N) is 3. The summed E-state index contributed by atoms with van der Waals surface area (Å²) in [7, 11) is 0. The average Bonchev–Trinajstić information content (AvgIpc) is 3.17. The Morgan fingerprint density at radius 2 is 2.14 bits per heavy atom. The summed E-state index contributed by atoms with van der Waals surface area (Å²) in [5, 5.41) is 11.2. The minimum Gasteiger partial charge on any atom is -0.441 e. The van der Waals surface area contributed by atoms with Gasteiger partial charge in [0.25, 0.3) is 0 Å². The van der Waals surface area contributed by atoms with Crippen molar-refractivity contribution in [3.63, 3.8) is 0 Å². The largest absolute Gasteiger partial charge is 0.441 e. The topological polar surface area (TPSA) is 80.9 Å². The third-order valence-electron chi connectivity index (χ3n) is 2.85. The van der Waals surface area contributed by atoms with E-state index in [0.717, 1.165) is 5.56 Å². The molecule has 0 bridgehead atoms. The van der Waals surface area contributed by atoms with Crippen molar-refractivity contribution in [3.8, 4) is 11.3 Å². The molecular weight excluding hydrogens is 324 g/mol. The van der Waals surface area contributed by atoms with E-state index in [4.69, 9.17) is 16.0 Å². The lowest BCUT2D eigenvalue weighted by Gasteiger charge is -1.99. The minimum atomic E-state index is -0.150. The third-order valence-corrected chi connectivity index (χ3v) is 3.71. The summed E-state index contributed by atoms with van der Waals surface area (Å²) in [6.07, 6.45) is 2.32. The van der Waals surface area contributed by atoms with E-state index in [1.54, 1.807) is 23.8 Å². The van der Waals surface area contributed by atoms with Gasteiger partial charge in [0.15, 0.2) is 11.7 Å². The lowest BCUT2D eigenvalue weighted by molar-refractivity contribution is -0.116. The molecule has 3 aromatic rings. The lowest BCUT2D eigenvalue weighted by Crippen LogP contribution is -2.12. The zero-order valence-electron chi connectivity index (χ0n) is 11.3. The number of rotatable bonds is 5. The molecule has 0 atom stereocenters. The first-order valence-electron chi connectivity index (χ1n) is 6.47. The summed E-state index contributed by atoms with van der Waals surface area (Å²) in [6.45, 7) is 0. The highest BCUT2D eigenvalue weighted by molar-refractivity contribution is 7.13. The maximum Gasteiger partial charge on any atom is 0.226 e. The number of nitrogens with one attached hydrogen (secondary N) is 1. The fourth-order valence-corrected chi connectivity index (χ4v) is 2.39. The molecule has 1 amide bonds. The van der Waals surface area contributed by atoms with Crippen molar-refractivity contribution in [3.05, 3.63) is 46.9 Å². The van der Waals surface area contributed by atoms with Gasteiger partial charge in [0.1, 0.15) is 5.51 Å². The number of aromatic nitrogens is 3. The Kier molecular flexibility index (Phi) is 4.45. The second-order valence-corrected chi connectivity index (χ2v) is 5.69. The third kappa shape index (κ3) is 3.69. The first kappa shape index (κ1) is 14.7. The van der Waals surface area contributed by atoms with Crippen LogP contribution >= 0.6 is 22.9 Å². The van der Waals surface area contributed by atoms with Crippen LogP contribution < -0.4 is 5.32 Å². The summed E-state index contributed by atoms with van der Waals surface area (Å²) in [5.74, 6) is 1.01. The molecule has 0 saturated carbocycles. The molecule has 0 aliphatic rings. The van der Waals surface area contributed by atoms with Crippen LogP contribution in [-0.2, 0) is 11.2 Å². The summed E-state index contributed by atoms with van der Waals surface area (Å²) in [6, 6.07) is 7.28. The first-order valence-corrected chi connectivity index (χ1v) is 7.73. The molecule has 1 N–H and O–H groups in total. The van der Waals surface area contributed by atoms with Crippen molar-refractivity contribution >= 4 is 34.0 Å². The predicted octanol–water partition coefficient (Wildman–Crippen LogP) is 3.42.